The van der Waals surface area contributed by atoms with Crippen LogP contribution in [-0.2, 0) is 14.6 Å². The number of benzene rings is 1. The Kier molecular flexibility index (Phi) is 5.67. The Bertz CT molecular complexity index is 899. The van der Waals surface area contributed by atoms with Gasteiger partial charge in [-0.1, -0.05) is 29.8 Å². The van der Waals surface area contributed by atoms with Crippen LogP contribution < -0.4 is 4.84 Å². The summed E-state index contributed by atoms with van der Waals surface area (Å²) in [6.07, 6.45) is 2.19. The van der Waals surface area contributed by atoms with Gasteiger partial charge in [0.05, 0.1) is 11.5 Å². The lowest BCUT2D eigenvalue weighted by molar-refractivity contribution is -0.138. The molecule has 2 heterocycles. The van der Waals surface area contributed by atoms with Crippen molar-refractivity contribution in [1.29, 1.82) is 0 Å². The van der Waals surface area contributed by atoms with Gasteiger partial charge in [0, 0.05) is 17.6 Å². The quantitative estimate of drug-likeness (QED) is 0.695. The van der Waals surface area contributed by atoms with E-state index in [1.54, 1.807) is 23.1 Å². The molecule has 0 bridgehead atoms. The molecule has 1 aliphatic rings. The summed E-state index contributed by atoms with van der Waals surface area (Å²) in [5.41, 5.74) is 1.17. The van der Waals surface area contributed by atoms with E-state index in [2.05, 4.69) is 10.3 Å². The number of hydrogen-bond acceptors (Lipinski definition) is 6. The number of carbonyl (C=O) groups excluding carboxylic acids is 1. The van der Waals surface area contributed by atoms with Crippen LogP contribution in [0.25, 0.3) is 11.0 Å². The summed E-state index contributed by atoms with van der Waals surface area (Å²) in [6, 6.07) is 4.77. The lowest BCUT2D eigenvalue weighted by Crippen LogP contribution is -2.45. The van der Waals surface area contributed by atoms with E-state index in [1.165, 1.54) is 4.85 Å². The number of aromatic nitrogens is 3. The van der Waals surface area contributed by atoms with Gasteiger partial charge in [-0.25, -0.2) is 8.42 Å². The average molecular weight is 401 g/mol. The molecule has 0 unspecified atom stereocenters. The van der Waals surface area contributed by atoms with Gasteiger partial charge in [0.25, 0.3) is 5.91 Å². The van der Waals surface area contributed by atoms with E-state index in [0.717, 1.165) is 12.8 Å². The molecular formula is C16H21ClN4O4S. The molecule has 1 aliphatic heterocycles. The fraction of sp³-hybridized carbons (Fsp3) is 0.562. The van der Waals surface area contributed by atoms with Crippen LogP contribution in [0, 0.1) is 0 Å². The van der Waals surface area contributed by atoms with Gasteiger partial charge in [-0.05, 0) is 36.3 Å². The Balaban J connectivity index is 1.69. The van der Waals surface area contributed by atoms with Gasteiger partial charge < -0.3 is 9.74 Å². The molecule has 0 spiro atoms. The monoisotopic (exact) mass is 400 g/mol. The van der Waals surface area contributed by atoms with E-state index in [9.17, 15) is 13.2 Å². The van der Waals surface area contributed by atoms with Crippen molar-refractivity contribution < 1.29 is 18.0 Å². The smallest absolute Gasteiger partial charge is 0.263 e. The summed E-state index contributed by atoms with van der Waals surface area (Å²) in [7, 11) is -3.07. The summed E-state index contributed by atoms with van der Waals surface area (Å²) in [5, 5.41) is 8.33. The molecule has 10 heteroatoms. The molecule has 1 atom stereocenters. The fourth-order valence-corrected chi connectivity index (χ4v) is 4.92. The van der Waals surface area contributed by atoms with Gasteiger partial charge in [-0.2, -0.15) is 0 Å². The average Bonchev–Trinajstić information content (AvgIpc) is 3.16. The molecule has 0 saturated carbocycles. The first-order valence-corrected chi connectivity index (χ1v) is 10.7. The zero-order valence-corrected chi connectivity index (χ0v) is 16.0. The molecule has 1 fully saturated rings. The highest BCUT2D eigenvalue weighted by molar-refractivity contribution is 7.91. The SMILES string of the molecule is CCCCN(C(=O)COn1nnc2ccc(Cl)cc21)[C@H]1CCS(=O)(=O)C1. The predicted octanol–water partition coefficient (Wildman–Crippen LogP) is 1.33. The topological polar surface area (TPSA) is 94.4 Å². The highest BCUT2D eigenvalue weighted by Gasteiger charge is 2.34. The third-order valence-corrected chi connectivity index (χ3v) is 6.40. The molecule has 0 aliphatic carbocycles. The van der Waals surface area contributed by atoms with Crippen molar-refractivity contribution in [3.63, 3.8) is 0 Å². The Labute approximate surface area is 156 Å². The molecule has 0 radical (unpaired) electrons. The van der Waals surface area contributed by atoms with E-state index < -0.39 is 9.84 Å². The van der Waals surface area contributed by atoms with E-state index >= 15 is 0 Å². The first-order chi connectivity index (χ1) is 12.4. The Morgan fingerprint density at radius 1 is 1.46 bits per heavy atom. The molecule has 142 valence electrons. The van der Waals surface area contributed by atoms with Crippen LogP contribution in [-0.4, -0.2) is 65.1 Å². The van der Waals surface area contributed by atoms with Crippen LogP contribution in [0.3, 0.4) is 0 Å². The highest BCUT2D eigenvalue weighted by atomic mass is 35.5. The first kappa shape index (κ1) is 18.9. The molecule has 26 heavy (non-hydrogen) atoms. The molecule has 2 aromatic rings. The van der Waals surface area contributed by atoms with Crippen LogP contribution in [0.1, 0.15) is 26.2 Å². The standard InChI is InChI=1S/C16H21ClN4O4S/c1-2-3-7-20(13-6-8-26(23,24)11-13)16(22)10-25-21-15-9-12(17)4-5-14(15)18-19-21/h4-5,9,13H,2-3,6-8,10-11H2,1H3/t13-/m0/s1. The van der Waals surface area contributed by atoms with Gasteiger partial charge in [0.1, 0.15) is 11.0 Å². The summed E-state index contributed by atoms with van der Waals surface area (Å²) >= 11 is 5.97. The molecule has 1 amide bonds. The molecule has 1 aromatic carbocycles. The van der Waals surface area contributed by atoms with Crippen molar-refractivity contribution >= 4 is 38.4 Å². The van der Waals surface area contributed by atoms with E-state index in [4.69, 9.17) is 16.4 Å². The number of sulfone groups is 1. The molecule has 1 saturated heterocycles. The van der Waals surface area contributed by atoms with Crippen molar-refractivity contribution in [2.24, 2.45) is 0 Å². The maximum Gasteiger partial charge on any atom is 0.263 e. The number of carbonyl (C=O) groups is 1. The lowest BCUT2D eigenvalue weighted by atomic mass is 10.2. The van der Waals surface area contributed by atoms with Crippen LogP contribution in [0.15, 0.2) is 18.2 Å². The van der Waals surface area contributed by atoms with E-state index in [1.807, 2.05) is 6.92 Å². The second-order valence-corrected chi connectivity index (χ2v) is 9.03. The van der Waals surface area contributed by atoms with Crippen molar-refractivity contribution in [2.45, 2.75) is 32.2 Å². The number of nitrogens with zero attached hydrogens (tertiary/aromatic N) is 4. The fourth-order valence-electron chi connectivity index (χ4n) is 3.03. The summed E-state index contributed by atoms with van der Waals surface area (Å²) < 4.78 is 23.5. The van der Waals surface area contributed by atoms with Gasteiger partial charge in [0.2, 0.25) is 0 Å². The zero-order valence-electron chi connectivity index (χ0n) is 14.5. The molecule has 8 nitrogen and oxygen atoms in total. The molecule has 0 N–H and O–H groups in total. The predicted molar refractivity (Wildman–Crippen MR) is 97.7 cm³/mol. The van der Waals surface area contributed by atoms with Crippen LogP contribution in [0.2, 0.25) is 5.02 Å². The zero-order chi connectivity index (χ0) is 18.7. The second kappa shape index (κ2) is 7.79. The first-order valence-electron chi connectivity index (χ1n) is 8.54. The largest absolute Gasteiger partial charge is 0.385 e. The minimum atomic E-state index is -3.07. The number of amides is 1. The molecule has 3 rings (SSSR count). The van der Waals surface area contributed by atoms with Crippen molar-refractivity contribution in [2.75, 3.05) is 24.7 Å². The minimum Gasteiger partial charge on any atom is -0.385 e. The minimum absolute atomic E-state index is 0.0182. The Morgan fingerprint density at radius 3 is 2.96 bits per heavy atom. The third-order valence-electron chi connectivity index (χ3n) is 4.41. The normalized spacial score (nSPS) is 18.9. The number of unbranched alkanes of at least 4 members (excludes halogenated alkanes) is 1. The van der Waals surface area contributed by atoms with Crippen molar-refractivity contribution in [3.05, 3.63) is 23.2 Å². The van der Waals surface area contributed by atoms with Gasteiger partial charge in [0.15, 0.2) is 16.4 Å². The van der Waals surface area contributed by atoms with Gasteiger partial charge in [-0.3, -0.25) is 4.79 Å². The Morgan fingerprint density at radius 2 is 2.27 bits per heavy atom. The molecular weight excluding hydrogens is 380 g/mol. The Hall–Kier alpha value is -1.87. The van der Waals surface area contributed by atoms with Crippen LogP contribution in [0.4, 0.5) is 0 Å². The van der Waals surface area contributed by atoms with E-state index in [-0.39, 0.29) is 30.1 Å². The van der Waals surface area contributed by atoms with Gasteiger partial charge >= 0.3 is 0 Å². The number of rotatable bonds is 7. The third kappa shape index (κ3) is 4.27. The van der Waals surface area contributed by atoms with Crippen LogP contribution in [0.5, 0.6) is 0 Å². The summed E-state index contributed by atoms with van der Waals surface area (Å²) in [6.45, 7) is 2.30. The maximum atomic E-state index is 12.7. The lowest BCUT2D eigenvalue weighted by Gasteiger charge is -2.28. The number of halogens is 1. The highest BCUT2D eigenvalue weighted by Crippen LogP contribution is 2.19. The summed E-state index contributed by atoms with van der Waals surface area (Å²) in [4.78, 5) is 21.0. The number of hydrogen-bond donors (Lipinski definition) is 0. The maximum absolute atomic E-state index is 12.7. The van der Waals surface area contributed by atoms with E-state index in [0.29, 0.717) is 29.0 Å². The molecule has 1 aromatic heterocycles. The van der Waals surface area contributed by atoms with Crippen molar-refractivity contribution in [1.82, 2.24) is 20.1 Å². The van der Waals surface area contributed by atoms with Crippen LogP contribution >= 0.6 is 11.6 Å². The summed E-state index contributed by atoms with van der Waals surface area (Å²) in [5.74, 6) is -0.114. The van der Waals surface area contributed by atoms with Gasteiger partial charge in [-0.15, -0.1) is 5.10 Å². The second-order valence-electron chi connectivity index (χ2n) is 6.37. The number of fused-ring (bicyclic) bond motifs is 1. The van der Waals surface area contributed by atoms with Crippen molar-refractivity contribution in [3.8, 4) is 0 Å².